The van der Waals surface area contributed by atoms with E-state index in [1.807, 2.05) is 0 Å². The summed E-state index contributed by atoms with van der Waals surface area (Å²) in [4.78, 5) is 7.71. The van der Waals surface area contributed by atoms with Crippen molar-refractivity contribution in [1.82, 2.24) is 20.2 Å². The van der Waals surface area contributed by atoms with E-state index < -0.39 is 11.7 Å². The van der Waals surface area contributed by atoms with Gasteiger partial charge in [-0.15, -0.1) is 15.2 Å². The predicted octanol–water partition coefficient (Wildman–Crippen LogP) is 4.03. The molecule has 27 heavy (non-hydrogen) atoms. The van der Waals surface area contributed by atoms with E-state index in [1.165, 1.54) is 18.5 Å². The molecule has 1 fully saturated rings. The molecule has 6 nitrogen and oxygen atoms in total. The highest BCUT2D eigenvalue weighted by Crippen LogP contribution is 2.39. The summed E-state index contributed by atoms with van der Waals surface area (Å²) in [6, 6.07) is 4.26. The van der Waals surface area contributed by atoms with Crippen LogP contribution in [-0.4, -0.2) is 20.2 Å². The Balaban J connectivity index is 1.80. The van der Waals surface area contributed by atoms with Gasteiger partial charge in [-0.05, 0) is 25.0 Å². The van der Waals surface area contributed by atoms with Crippen molar-refractivity contribution in [3.05, 3.63) is 42.0 Å². The highest BCUT2D eigenvalue weighted by atomic mass is 19.4. The number of alkyl halides is 3. The van der Waals surface area contributed by atoms with Crippen molar-refractivity contribution in [2.45, 2.75) is 37.8 Å². The van der Waals surface area contributed by atoms with E-state index >= 15 is 0 Å². The lowest BCUT2D eigenvalue weighted by Gasteiger charge is -2.12. The number of hydrogen-bond acceptors (Lipinski definition) is 4. The Labute approximate surface area is 151 Å². The molecule has 1 aliphatic carbocycles. The van der Waals surface area contributed by atoms with E-state index in [0.717, 1.165) is 25.7 Å². The van der Waals surface area contributed by atoms with Crippen LogP contribution in [0.2, 0.25) is 0 Å². The van der Waals surface area contributed by atoms with Crippen molar-refractivity contribution in [1.29, 1.82) is 0 Å². The zero-order valence-electron chi connectivity index (χ0n) is 14.1. The van der Waals surface area contributed by atoms with Gasteiger partial charge in [-0.1, -0.05) is 12.8 Å². The van der Waals surface area contributed by atoms with Crippen molar-refractivity contribution in [2.75, 3.05) is 0 Å². The molecule has 1 N–H and O–H groups in total. The van der Waals surface area contributed by atoms with Gasteiger partial charge in [0, 0.05) is 12.0 Å². The third-order valence-corrected chi connectivity index (χ3v) is 5.14. The SMILES string of the molecule is FC(F)(F)c1cc(C2CCCC2)nc2c1ccc1[nH]c(-c3nnco3)c[n+]12. The number of aromatic nitrogens is 5. The molecule has 0 saturated heterocycles. The zero-order chi connectivity index (χ0) is 18.6. The number of H-pyrrole nitrogens is 1. The molecule has 4 aromatic heterocycles. The first-order valence-electron chi connectivity index (χ1n) is 8.72. The van der Waals surface area contributed by atoms with E-state index in [4.69, 9.17) is 4.42 Å². The van der Waals surface area contributed by atoms with Crippen LogP contribution in [0.25, 0.3) is 28.3 Å². The minimum Gasteiger partial charge on any atom is -0.421 e. The fraction of sp³-hybridized carbons (Fsp3) is 0.333. The zero-order valence-corrected chi connectivity index (χ0v) is 14.1. The van der Waals surface area contributed by atoms with Crippen LogP contribution in [0.15, 0.2) is 35.2 Å². The van der Waals surface area contributed by atoms with Gasteiger partial charge in [-0.3, -0.25) is 4.98 Å². The maximum absolute atomic E-state index is 13.7. The standard InChI is InChI=1S/C18H14F3N5O/c19-18(20,21)12-7-13(10-3-1-2-4-10)24-16-11(12)5-6-15-23-14(8-26(15)16)17-25-22-9-27-17/h5-10H,1-4H2/p+1. The van der Waals surface area contributed by atoms with Crippen LogP contribution in [0.1, 0.15) is 42.9 Å². The van der Waals surface area contributed by atoms with Crippen LogP contribution in [0, 0.1) is 0 Å². The summed E-state index contributed by atoms with van der Waals surface area (Å²) in [7, 11) is 0. The smallest absolute Gasteiger partial charge is 0.417 e. The predicted molar refractivity (Wildman–Crippen MR) is 88.8 cm³/mol. The minimum atomic E-state index is -4.45. The Hall–Kier alpha value is -2.97. The maximum Gasteiger partial charge on any atom is 0.417 e. The van der Waals surface area contributed by atoms with Gasteiger partial charge in [-0.25, -0.2) is 0 Å². The van der Waals surface area contributed by atoms with Crippen molar-refractivity contribution in [3.8, 4) is 11.6 Å². The van der Waals surface area contributed by atoms with Crippen molar-refractivity contribution in [3.63, 3.8) is 0 Å². The lowest BCUT2D eigenvalue weighted by Crippen LogP contribution is -2.23. The Morgan fingerprint density at radius 1 is 1.19 bits per heavy atom. The lowest BCUT2D eigenvalue weighted by molar-refractivity contribution is -0.481. The van der Waals surface area contributed by atoms with Crippen LogP contribution in [-0.2, 0) is 6.18 Å². The van der Waals surface area contributed by atoms with Gasteiger partial charge >= 0.3 is 6.18 Å². The molecule has 5 rings (SSSR count). The van der Waals surface area contributed by atoms with Gasteiger partial charge in [0.25, 0.3) is 11.5 Å². The third-order valence-electron chi connectivity index (χ3n) is 5.14. The van der Waals surface area contributed by atoms with Crippen LogP contribution in [0.5, 0.6) is 0 Å². The molecule has 4 aromatic rings. The van der Waals surface area contributed by atoms with Crippen molar-refractivity contribution >= 4 is 16.7 Å². The van der Waals surface area contributed by atoms with E-state index in [-0.39, 0.29) is 22.8 Å². The highest BCUT2D eigenvalue weighted by molar-refractivity contribution is 5.79. The van der Waals surface area contributed by atoms with Crippen LogP contribution < -0.4 is 4.40 Å². The quantitative estimate of drug-likeness (QED) is 0.538. The average Bonchev–Trinajstić information content (AvgIpc) is 3.40. The normalized spacial score (nSPS) is 16.0. The van der Waals surface area contributed by atoms with Gasteiger partial charge in [0.1, 0.15) is 11.9 Å². The molecule has 0 unspecified atom stereocenters. The summed E-state index contributed by atoms with van der Waals surface area (Å²) >= 11 is 0. The molecule has 0 atom stereocenters. The summed E-state index contributed by atoms with van der Waals surface area (Å²) in [6.45, 7) is 0. The van der Waals surface area contributed by atoms with Crippen LogP contribution in [0.3, 0.4) is 0 Å². The average molecular weight is 374 g/mol. The summed E-state index contributed by atoms with van der Waals surface area (Å²) in [6.07, 6.45) is 2.17. The summed E-state index contributed by atoms with van der Waals surface area (Å²) in [5.41, 5.74) is 1.24. The van der Waals surface area contributed by atoms with Crippen LogP contribution >= 0.6 is 0 Å². The number of pyridine rings is 2. The van der Waals surface area contributed by atoms with Crippen molar-refractivity contribution < 1.29 is 22.0 Å². The van der Waals surface area contributed by atoms with Crippen molar-refractivity contribution in [2.24, 2.45) is 0 Å². The van der Waals surface area contributed by atoms with Gasteiger partial charge in [0.2, 0.25) is 12.0 Å². The van der Waals surface area contributed by atoms with Gasteiger partial charge < -0.3 is 4.42 Å². The number of hydrogen-bond donors (Lipinski definition) is 1. The molecule has 0 aliphatic heterocycles. The monoisotopic (exact) mass is 374 g/mol. The first-order valence-corrected chi connectivity index (χ1v) is 8.72. The first-order chi connectivity index (χ1) is 13.0. The largest absolute Gasteiger partial charge is 0.421 e. The number of imidazole rings is 1. The molecule has 0 bridgehead atoms. The number of nitrogens with zero attached hydrogens (tertiary/aromatic N) is 4. The number of rotatable bonds is 2. The topological polar surface area (TPSA) is 71.7 Å². The van der Waals surface area contributed by atoms with Crippen LogP contribution in [0.4, 0.5) is 13.2 Å². The van der Waals surface area contributed by atoms with E-state index in [0.29, 0.717) is 17.0 Å². The highest BCUT2D eigenvalue weighted by Gasteiger charge is 2.37. The Morgan fingerprint density at radius 3 is 2.70 bits per heavy atom. The molecule has 9 heteroatoms. The third kappa shape index (κ3) is 2.65. The fourth-order valence-corrected chi connectivity index (χ4v) is 3.86. The molecule has 138 valence electrons. The Morgan fingerprint density at radius 2 is 2.00 bits per heavy atom. The molecule has 0 aromatic carbocycles. The number of nitrogens with one attached hydrogen (secondary N) is 1. The summed E-state index contributed by atoms with van der Waals surface area (Å²) in [5, 5.41) is 7.54. The second kappa shape index (κ2) is 5.77. The Bertz CT molecular complexity index is 1130. The molecule has 0 amide bonds. The number of aromatic amines is 1. The van der Waals surface area contributed by atoms with Gasteiger partial charge in [0.15, 0.2) is 5.69 Å². The van der Waals surface area contributed by atoms with E-state index in [2.05, 4.69) is 20.2 Å². The Kier molecular flexibility index (Phi) is 3.46. The molecule has 1 aliphatic rings. The van der Waals surface area contributed by atoms with Gasteiger partial charge in [0.05, 0.1) is 10.9 Å². The number of halogens is 3. The molecule has 0 radical (unpaired) electrons. The fourth-order valence-electron chi connectivity index (χ4n) is 3.86. The minimum absolute atomic E-state index is 0.0674. The second-order valence-corrected chi connectivity index (χ2v) is 6.81. The molecular weight excluding hydrogens is 359 g/mol. The number of fused-ring (bicyclic) bond motifs is 3. The lowest BCUT2D eigenvalue weighted by atomic mass is 10.00. The van der Waals surface area contributed by atoms with E-state index in [1.54, 1.807) is 16.7 Å². The molecule has 1 saturated carbocycles. The van der Waals surface area contributed by atoms with E-state index in [9.17, 15) is 13.2 Å². The summed E-state index contributed by atoms with van der Waals surface area (Å²) < 4.78 is 48.0. The summed E-state index contributed by atoms with van der Waals surface area (Å²) in [5.74, 6) is 0.329. The second-order valence-electron chi connectivity index (χ2n) is 6.81. The van der Waals surface area contributed by atoms with Gasteiger partial charge in [-0.2, -0.15) is 17.6 Å². The maximum atomic E-state index is 13.7. The first kappa shape index (κ1) is 16.2. The molecule has 4 heterocycles. The molecule has 0 spiro atoms. The molecular formula is C18H15F3N5O+.